The third-order valence-corrected chi connectivity index (χ3v) is 3.85. The number of benzene rings is 2. The standard InChI is InChI=1S/C15H13ClO2S/c1-2-11-7-9-12(10-8-11)15(17)18-19-14-6-4-3-5-13(14)16/h3-10H,2H2,1H3. The van der Waals surface area contributed by atoms with Crippen LogP contribution in [0.2, 0.25) is 5.02 Å². The molecular weight excluding hydrogens is 280 g/mol. The molecular formula is C15H13ClO2S. The third-order valence-electron chi connectivity index (χ3n) is 2.64. The van der Waals surface area contributed by atoms with Crippen LogP contribution < -0.4 is 0 Å². The predicted octanol–water partition coefficient (Wildman–Crippen LogP) is 4.77. The van der Waals surface area contributed by atoms with E-state index in [2.05, 4.69) is 6.92 Å². The molecule has 0 heterocycles. The maximum Gasteiger partial charge on any atom is 0.350 e. The van der Waals surface area contributed by atoms with Gasteiger partial charge in [0.2, 0.25) is 0 Å². The first-order valence-corrected chi connectivity index (χ1v) is 7.05. The zero-order valence-electron chi connectivity index (χ0n) is 10.4. The first-order chi connectivity index (χ1) is 9.20. The van der Waals surface area contributed by atoms with E-state index in [4.69, 9.17) is 15.8 Å². The van der Waals surface area contributed by atoms with Crippen molar-refractivity contribution in [2.75, 3.05) is 0 Å². The van der Waals surface area contributed by atoms with Crippen molar-refractivity contribution < 1.29 is 8.98 Å². The fourth-order valence-corrected chi connectivity index (χ4v) is 2.29. The molecule has 0 aromatic heterocycles. The van der Waals surface area contributed by atoms with E-state index in [1.165, 1.54) is 5.56 Å². The Morgan fingerprint density at radius 3 is 2.47 bits per heavy atom. The number of hydrogen-bond donors (Lipinski definition) is 0. The lowest BCUT2D eigenvalue weighted by molar-refractivity contribution is 0.0768. The number of carbonyl (C=O) groups is 1. The molecule has 0 fully saturated rings. The monoisotopic (exact) mass is 292 g/mol. The Labute approximate surface area is 121 Å². The van der Waals surface area contributed by atoms with Crippen molar-refractivity contribution in [3.63, 3.8) is 0 Å². The quantitative estimate of drug-likeness (QED) is 0.760. The highest BCUT2D eigenvalue weighted by atomic mass is 35.5. The summed E-state index contributed by atoms with van der Waals surface area (Å²) < 4.78 is 5.16. The normalized spacial score (nSPS) is 10.2. The Kier molecular flexibility index (Phi) is 4.88. The van der Waals surface area contributed by atoms with Gasteiger partial charge in [-0.2, -0.15) is 0 Å². The van der Waals surface area contributed by atoms with E-state index in [0.29, 0.717) is 10.6 Å². The number of halogens is 1. The maximum atomic E-state index is 11.8. The summed E-state index contributed by atoms with van der Waals surface area (Å²) in [5.74, 6) is -0.368. The van der Waals surface area contributed by atoms with Crippen LogP contribution in [0.4, 0.5) is 0 Å². The molecule has 0 saturated carbocycles. The second-order valence-corrected chi connectivity index (χ2v) is 5.12. The number of hydrogen-bond acceptors (Lipinski definition) is 3. The number of carbonyl (C=O) groups excluding carboxylic acids is 1. The molecule has 0 aliphatic heterocycles. The van der Waals surface area contributed by atoms with Crippen molar-refractivity contribution in [3.8, 4) is 0 Å². The SMILES string of the molecule is CCc1ccc(C(=O)OSc2ccccc2Cl)cc1. The Bertz CT molecular complexity index is 567. The summed E-state index contributed by atoms with van der Waals surface area (Å²) in [6.07, 6.45) is 0.948. The minimum Gasteiger partial charge on any atom is -0.382 e. The molecule has 19 heavy (non-hydrogen) atoms. The van der Waals surface area contributed by atoms with Gasteiger partial charge in [0.1, 0.15) is 0 Å². The van der Waals surface area contributed by atoms with Gasteiger partial charge in [-0.3, -0.25) is 0 Å². The average Bonchev–Trinajstić information content (AvgIpc) is 2.46. The highest BCUT2D eigenvalue weighted by molar-refractivity contribution is 7.95. The van der Waals surface area contributed by atoms with Crippen LogP contribution in [-0.4, -0.2) is 5.97 Å². The van der Waals surface area contributed by atoms with Crippen LogP contribution in [0.25, 0.3) is 0 Å². The summed E-state index contributed by atoms with van der Waals surface area (Å²) in [7, 11) is 0. The summed E-state index contributed by atoms with van der Waals surface area (Å²) in [6.45, 7) is 2.07. The largest absolute Gasteiger partial charge is 0.382 e. The van der Waals surface area contributed by atoms with Crippen molar-refractivity contribution in [1.29, 1.82) is 0 Å². The van der Waals surface area contributed by atoms with Gasteiger partial charge in [0, 0.05) is 0 Å². The fraction of sp³-hybridized carbons (Fsp3) is 0.133. The van der Waals surface area contributed by atoms with Gasteiger partial charge >= 0.3 is 5.97 Å². The minimum absolute atomic E-state index is 0.368. The lowest BCUT2D eigenvalue weighted by Gasteiger charge is -2.04. The van der Waals surface area contributed by atoms with Gasteiger partial charge in [-0.15, -0.1) is 0 Å². The van der Waals surface area contributed by atoms with Gasteiger partial charge in [0.15, 0.2) is 0 Å². The lowest BCUT2D eigenvalue weighted by Crippen LogP contribution is -1.99. The Morgan fingerprint density at radius 2 is 1.84 bits per heavy atom. The van der Waals surface area contributed by atoms with E-state index in [1.54, 1.807) is 24.3 Å². The fourth-order valence-electron chi connectivity index (χ4n) is 1.52. The van der Waals surface area contributed by atoms with Crippen LogP contribution >= 0.6 is 23.6 Å². The van der Waals surface area contributed by atoms with E-state index in [9.17, 15) is 4.79 Å². The molecule has 0 N–H and O–H groups in total. The second kappa shape index (κ2) is 6.64. The molecule has 2 aromatic carbocycles. The average molecular weight is 293 g/mol. The van der Waals surface area contributed by atoms with Gasteiger partial charge in [-0.25, -0.2) is 4.79 Å². The molecule has 0 unspecified atom stereocenters. The molecule has 0 atom stereocenters. The first kappa shape index (κ1) is 14.0. The maximum absolute atomic E-state index is 11.8. The molecule has 2 aromatic rings. The first-order valence-electron chi connectivity index (χ1n) is 5.93. The molecule has 98 valence electrons. The Hall–Kier alpha value is -1.45. The van der Waals surface area contributed by atoms with Gasteiger partial charge < -0.3 is 4.18 Å². The van der Waals surface area contributed by atoms with Gasteiger partial charge in [-0.1, -0.05) is 42.8 Å². The van der Waals surface area contributed by atoms with Crippen LogP contribution in [0.15, 0.2) is 53.4 Å². The minimum atomic E-state index is -0.368. The van der Waals surface area contributed by atoms with E-state index >= 15 is 0 Å². The summed E-state index contributed by atoms with van der Waals surface area (Å²) in [6, 6.07) is 14.6. The molecule has 0 saturated heterocycles. The zero-order chi connectivity index (χ0) is 13.7. The topological polar surface area (TPSA) is 26.3 Å². The number of aryl methyl sites for hydroxylation is 1. The molecule has 0 aliphatic rings. The van der Waals surface area contributed by atoms with Gasteiger partial charge in [0.25, 0.3) is 0 Å². The van der Waals surface area contributed by atoms with Crippen molar-refractivity contribution in [3.05, 3.63) is 64.7 Å². The van der Waals surface area contributed by atoms with E-state index < -0.39 is 0 Å². The Morgan fingerprint density at radius 1 is 1.16 bits per heavy atom. The van der Waals surface area contributed by atoms with Crippen LogP contribution in [0, 0.1) is 0 Å². The third kappa shape index (κ3) is 3.75. The second-order valence-electron chi connectivity index (χ2n) is 3.94. The summed E-state index contributed by atoms with van der Waals surface area (Å²) in [5.41, 5.74) is 1.73. The lowest BCUT2D eigenvalue weighted by atomic mass is 10.1. The van der Waals surface area contributed by atoms with Crippen molar-refractivity contribution in [1.82, 2.24) is 0 Å². The molecule has 0 spiro atoms. The molecule has 0 radical (unpaired) electrons. The smallest absolute Gasteiger partial charge is 0.350 e. The molecule has 0 amide bonds. The highest BCUT2D eigenvalue weighted by Gasteiger charge is 2.09. The van der Waals surface area contributed by atoms with Gasteiger partial charge in [0.05, 0.1) is 27.5 Å². The molecule has 0 aliphatic carbocycles. The van der Waals surface area contributed by atoms with Crippen LogP contribution in [0.5, 0.6) is 0 Å². The predicted molar refractivity (Wildman–Crippen MR) is 78.5 cm³/mol. The van der Waals surface area contributed by atoms with Crippen LogP contribution in [-0.2, 0) is 10.6 Å². The van der Waals surface area contributed by atoms with Crippen LogP contribution in [0.1, 0.15) is 22.8 Å². The van der Waals surface area contributed by atoms with Crippen molar-refractivity contribution in [2.24, 2.45) is 0 Å². The van der Waals surface area contributed by atoms with Crippen LogP contribution in [0.3, 0.4) is 0 Å². The van der Waals surface area contributed by atoms with Crippen molar-refractivity contribution in [2.45, 2.75) is 18.2 Å². The summed E-state index contributed by atoms with van der Waals surface area (Å²) in [5, 5.41) is 0.571. The molecule has 0 bridgehead atoms. The molecule has 4 heteroatoms. The summed E-state index contributed by atoms with van der Waals surface area (Å²) in [4.78, 5) is 12.6. The molecule has 2 nitrogen and oxygen atoms in total. The highest BCUT2D eigenvalue weighted by Crippen LogP contribution is 2.28. The van der Waals surface area contributed by atoms with E-state index in [0.717, 1.165) is 23.4 Å². The number of rotatable bonds is 4. The Balaban J connectivity index is 1.99. The zero-order valence-corrected chi connectivity index (χ0v) is 12.0. The van der Waals surface area contributed by atoms with E-state index in [-0.39, 0.29) is 5.97 Å². The molecule has 2 rings (SSSR count). The van der Waals surface area contributed by atoms with E-state index in [1.807, 2.05) is 24.3 Å². The van der Waals surface area contributed by atoms with Crippen molar-refractivity contribution >= 4 is 29.6 Å². The summed E-state index contributed by atoms with van der Waals surface area (Å²) >= 11 is 6.96. The van der Waals surface area contributed by atoms with Gasteiger partial charge in [-0.05, 0) is 36.2 Å².